The van der Waals surface area contributed by atoms with Crippen LogP contribution in [0.1, 0.15) is 17.3 Å². The highest BCUT2D eigenvalue weighted by atomic mass is 79.9. The molecule has 10 heteroatoms. The summed E-state index contributed by atoms with van der Waals surface area (Å²) in [6, 6.07) is 10.3. The molecule has 0 aliphatic heterocycles. The lowest BCUT2D eigenvalue weighted by Gasteiger charge is -2.21. The summed E-state index contributed by atoms with van der Waals surface area (Å²) in [5.74, 6) is -1.06. The summed E-state index contributed by atoms with van der Waals surface area (Å²) in [6.45, 7) is 0.713. The Bertz CT molecular complexity index is 860. The second-order valence-corrected chi connectivity index (χ2v) is 10.4. The van der Waals surface area contributed by atoms with E-state index in [-0.39, 0.29) is 14.3 Å². The van der Waals surface area contributed by atoms with E-state index in [0.29, 0.717) is 21.4 Å². The first-order valence-electron chi connectivity index (χ1n) is 7.81. The first-order chi connectivity index (χ1) is 13.2. The second-order valence-electron chi connectivity index (χ2n) is 5.43. The number of esters is 2. The summed E-state index contributed by atoms with van der Waals surface area (Å²) in [5, 5.41) is 3.97. The average Bonchev–Trinajstić information content (AvgIpc) is 2.63. The molecule has 2 aromatic carbocycles. The van der Waals surface area contributed by atoms with E-state index in [0.717, 1.165) is 5.56 Å². The van der Waals surface area contributed by atoms with Crippen LogP contribution in [0.4, 0.5) is 11.4 Å². The lowest BCUT2D eigenvalue weighted by atomic mass is 10.1. The number of carbonyl (C=O) groups is 2. The van der Waals surface area contributed by atoms with Gasteiger partial charge in [0.1, 0.15) is 0 Å². The number of anilines is 2. The zero-order valence-electron chi connectivity index (χ0n) is 14.3. The van der Waals surface area contributed by atoms with Crippen LogP contribution in [-0.4, -0.2) is 22.3 Å². The van der Waals surface area contributed by atoms with Gasteiger partial charge in [-0.2, -0.15) is 0 Å². The molecule has 0 aliphatic carbocycles. The Kier molecular flexibility index (Phi) is 9.08. The molecule has 0 saturated carbocycles. The molecule has 5 nitrogen and oxygen atoms in total. The van der Waals surface area contributed by atoms with Gasteiger partial charge in [-0.25, -0.2) is 4.79 Å². The quantitative estimate of drug-likeness (QED) is 0.211. The minimum Gasteiger partial charge on any atom is -0.454 e. The SMILES string of the molecule is CC(=O)OCC(=O)Oc1cccc(C(Br)C(Br)Br)c1Nc1c(Cl)cccc1Cl. The second kappa shape index (κ2) is 10.8. The molecule has 2 aromatic rings. The molecule has 28 heavy (non-hydrogen) atoms. The van der Waals surface area contributed by atoms with E-state index in [9.17, 15) is 9.59 Å². The number of hydrogen-bond donors (Lipinski definition) is 1. The number of para-hydroxylation sites is 2. The van der Waals surface area contributed by atoms with Crippen molar-refractivity contribution in [3.63, 3.8) is 0 Å². The molecular formula is C18H14Br3Cl2NO4. The topological polar surface area (TPSA) is 64.6 Å². The molecule has 0 radical (unpaired) electrons. The molecule has 0 heterocycles. The van der Waals surface area contributed by atoms with Crippen LogP contribution in [0, 0.1) is 0 Å². The largest absolute Gasteiger partial charge is 0.454 e. The fourth-order valence-corrected chi connectivity index (χ4v) is 3.63. The van der Waals surface area contributed by atoms with Crippen molar-refractivity contribution in [3.8, 4) is 5.75 Å². The van der Waals surface area contributed by atoms with Gasteiger partial charge in [-0.05, 0) is 23.8 Å². The third-order valence-electron chi connectivity index (χ3n) is 3.41. The number of halogens is 5. The molecule has 1 N–H and O–H groups in total. The van der Waals surface area contributed by atoms with E-state index in [4.69, 9.17) is 27.9 Å². The van der Waals surface area contributed by atoms with Crippen LogP contribution >= 0.6 is 71.0 Å². The standard InChI is InChI=1S/C18H14Br3Cl2NO4/c1-9(25)27-8-14(26)28-13-7-2-4-10(15(19)18(20)21)16(13)24-17-11(22)5-3-6-12(17)23/h2-7,15,18,24H,8H2,1H3. The average molecular weight is 619 g/mol. The number of benzene rings is 2. The van der Waals surface area contributed by atoms with Crippen LogP contribution in [0.15, 0.2) is 36.4 Å². The normalized spacial score (nSPS) is 11.8. The third kappa shape index (κ3) is 6.35. The zero-order chi connectivity index (χ0) is 20.8. The molecule has 0 aromatic heterocycles. The van der Waals surface area contributed by atoms with Crippen molar-refractivity contribution >= 4 is 94.3 Å². The molecule has 0 aliphatic rings. The lowest BCUT2D eigenvalue weighted by molar-refractivity contribution is -0.151. The van der Waals surface area contributed by atoms with Gasteiger partial charge in [-0.3, -0.25) is 4.79 Å². The van der Waals surface area contributed by atoms with Crippen molar-refractivity contribution < 1.29 is 19.1 Å². The smallest absolute Gasteiger partial charge is 0.349 e. The predicted octanol–water partition coefficient (Wildman–Crippen LogP) is 6.76. The maximum absolute atomic E-state index is 12.1. The van der Waals surface area contributed by atoms with E-state index in [1.807, 2.05) is 6.07 Å². The fraction of sp³-hybridized carbons (Fsp3) is 0.222. The number of alkyl halides is 3. The molecule has 0 saturated heterocycles. The summed E-state index contributed by atoms with van der Waals surface area (Å²) in [7, 11) is 0. The van der Waals surface area contributed by atoms with Gasteiger partial charge in [-0.15, -0.1) is 0 Å². The number of ether oxygens (including phenoxy) is 2. The molecule has 0 bridgehead atoms. The van der Waals surface area contributed by atoms with E-state index in [2.05, 4.69) is 57.8 Å². The van der Waals surface area contributed by atoms with Gasteiger partial charge >= 0.3 is 11.9 Å². The molecule has 1 atom stereocenters. The minimum atomic E-state index is -0.721. The molecule has 0 amide bonds. The molecule has 1 unspecified atom stereocenters. The highest BCUT2D eigenvalue weighted by Gasteiger charge is 2.23. The Morgan fingerprint density at radius 3 is 2.21 bits per heavy atom. The maximum Gasteiger partial charge on any atom is 0.349 e. The van der Waals surface area contributed by atoms with Crippen molar-refractivity contribution in [1.82, 2.24) is 0 Å². The van der Waals surface area contributed by atoms with Gasteiger partial charge in [0.15, 0.2) is 12.4 Å². The first-order valence-corrected chi connectivity index (χ1v) is 11.3. The van der Waals surface area contributed by atoms with Crippen LogP contribution < -0.4 is 10.1 Å². The Morgan fingerprint density at radius 1 is 1.04 bits per heavy atom. The molecule has 150 valence electrons. The van der Waals surface area contributed by atoms with E-state index >= 15 is 0 Å². The Labute approximate surface area is 197 Å². The fourth-order valence-electron chi connectivity index (χ4n) is 2.19. The van der Waals surface area contributed by atoms with Crippen molar-refractivity contribution in [3.05, 3.63) is 52.0 Å². The van der Waals surface area contributed by atoms with Crippen molar-refractivity contribution in [2.75, 3.05) is 11.9 Å². The van der Waals surface area contributed by atoms with Crippen LogP contribution in [0.25, 0.3) is 0 Å². The van der Waals surface area contributed by atoms with Gasteiger partial charge in [0.25, 0.3) is 0 Å². The molecule has 2 rings (SSSR count). The van der Waals surface area contributed by atoms with Crippen LogP contribution in [-0.2, 0) is 14.3 Å². The zero-order valence-corrected chi connectivity index (χ0v) is 20.6. The van der Waals surface area contributed by atoms with E-state index in [1.165, 1.54) is 6.92 Å². The number of carbonyl (C=O) groups excluding carboxylic acids is 2. The summed E-state index contributed by atoms with van der Waals surface area (Å²) in [6.07, 6.45) is 0. The van der Waals surface area contributed by atoms with Crippen molar-refractivity contribution in [1.29, 1.82) is 0 Å². The number of nitrogens with one attached hydrogen (secondary N) is 1. The maximum atomic E-state index is 12.1. The minimum absolute atomic E-state index is 0.116. The Morgan fingerprint density at radius 2 is 1.64 bits per heavy atom. The molecule has 0 fully saturated rings. The van der Waals surface area contributed by atoms with E-state index < -0.39 is 18.5 Å². The van der Waals surface area contributed by atoms with E-state index in [1.54, 1.807) is 30.3 Å². The summed E-state index contributed by atoms with van der Waals surface area (Å²) in [4.78, 5) is 22.8. The van der Waals surface area contributed by atoms with Crippen molar-refractivity contribution in [2.24, 2.45) is 0 Å². The van der Waals surface area contributed by atoms with Crippen molar-refractivity contribution in [2.45, 2.75) is 15.5 Å². The number of rotatable bonds is 7. The van der Waals surface area contributed by atoms with Crippen LogP contribution in [0.2, 0.25) is 10.0 Å². The Balaban J connectivity index is 2.46. The number of hydrogen-bond acceptors (Lipinski definition) is 5. The van der Waals surface area contributed by atoms with Crippen LogP contribution in [0.5, 0.6) is 5.75 Å². The summed E-state index contributed by atoms with van der Waals surface area (Å²) in [5.41, 5.74) is 1.72. The monoisotopic (exact) mass is 615 g/mol. The van der Waals surface area contributed by atoms with Gasteiger partial charge < -0.3 is 14.8 Å². The van der Waals surface area contributed by atoms with Crippen LogP contribution in [0.3, 0.4) is 0 Å². The van der Waals surface area contributed by atoms with Gasteiger partial charge in [0.2, 0.25) is 0 Å². The third-order valence-corrected chi connectivity index (χ3v) is 7.53. The Hall–Kier alpha value is -0.800. The highest BCUT2D eigenvalue weighted by molar-refractivity contribution is 9.25. The predicted molar refractivity (Wildman–Crippen MR) is 122 cm³/mol. The van der Waals surface area contributed by atoms with Gasteiger partial charge in [0.05, 0.1) is 30.0 Å². The van der Waals surface area contributed by atoms with Gasteiger partial charge in [-0.1, -0.05) is 89.2 Å². The summed E-state index contributed by atoms with van der Waals surface area (Å²) < 4.78 is 9.97. The lowest BCUT2D eigenvalue weighted by Crippen LogP contribution is -2.18. The summed E-state index contributed by atoms with van der Waals surface area (Å²) >= 11 is 23.1. The highest BCUT2D eigenvalue weighted by Crippen LogP contribution is 2.44. The molecule has 0 spiro atoms. The van der Waals surface area contributed by atoms with Gasteiger partial charge in [0, 0.05) is 6.92 Å². The first kappa shape index (κ1) is 23.5. The molecular weight excluding hydrogens is 605 g/mol.